The first-order valence-electron chi connectivity index (χ1n) is 16.8. The number of hydrogen-bond acceptors (Lipinski definition) is 2. The maximum atomic E-state index is 11.6. The van der Waals surface area contributed by atoms with Crippen molar-refractivity contribution < 1.29 is 9.59 Å². The first-order valence-corrected chi connectivity index (χ1v) is 16.8. The van der Waals surface area contributed by atoms with E-state index in [4.69, 9.17) is 5.73 Å². The smallest absolute Gasteiger partial charge is 0.219 e. The third-order valence-corrected chi connectivity index (χ3v) is 7.04. The number of nitrogens with one attached hydrogen (secondary N) is 1. The van der Waals surface area contributed by atoms with Gasteiger partial charge >= 0.3 is 0 Å². The fourth-order valence-corrected chi connectivity index (χ4v) is 4.47. The molecule has 0 aromatic heterocycles. The van der Waals surface area contributed by atoms with Crippen LogP contribution in [0.25, 0.3) is 0 Å². The van der Waals surface area contributed by atoms with Gasteiger partial charge in [0.25, 0.3) is 0 Å². The van der Waals surface area contributed by atoms with E-state index in [0.717, 1.165) is 25.8 Å². The quantitative estimate of drug-likeness (QED) is 0.0771. The molecule has 0 aliphatic rings. The number of hydrogen-bond donors (Lipinski definition) is 2. The van der Waals surface area contributed by atoms with Crippen LogP contribution >= 0.6 is 0 Å². The van der Waals surface area contributed by atoms with E-state index >= 15 is 0 Å². The molecule has 0 spiro atoms. The molecule has 0 radical (unpaired) electrons. The minimum absolute atomic E-state index is 0.157. The molecule has 0 aromatic rings. The number of primary amides is 1. The zero-order valence-corrected chi connectivity index (χ0v) is 26.1. The Morgan fingerprint density at radius 1 is 0.500 bits per heavy atom. The number of allylic oxidation sites excluding steroid dienone is 2. The fraction of sp³-hybridized carbons (Fsp3) is 0.882. The normalized spacial score (nSPS) is 10.9. The number of unbranched alkanes of at least 4 members (excludes halogenated alkanes) is 20. The van der Waals surface area contributed by atoms with Gasteiger partial charge in [-0.3, -0.25) is 9.59 Å². The van der Waals surface area contributed by atoms with Gasteiger partial charge in [0.1, 0.15) is 0 Å². The molecular formula is C34H68N2O2. The van der Waals surface area contributed by atoms with E-state index in [1.54, 1.807) is 0 Å². The van der Waals surface area contributed by atoms with Gasteiger partial charge in [-0.25, -0.2) is 0 Å². The van der Waals surface area contributed by atoms with Crippen LogP contribution in [0.15, 0.2) is 12.2 Å². The lowest BCUT2D eigenvalue weighted by Gasteiger charge is -2.05. The number of amides is 2. The van der Waals surface area contributed by atoms with E-state index in [0.29, 0.717) is 12.8 Å². The van der Waals surface area contributed by atoms with Gasteiger partial charge in [-0.1, -0.05) is 148 Å². The minimum Gasteiger partial charge on any atom is -0.370 e. The van der Waals surface area contributed by atoms with Crippen LogP contribution in [-0.2, 0) is 9.59 Å². The lowest BCUT2D eigenvalue weighted by molar-refractivity contribution is -0.121. The van der Waals surface area contributed by atoms with Crippen molar-refractivity contribution in [1.82, 2.24) is 5.32 Å². The van der Waals surface area contributed by atoms with E-state index in [9.17, 15) is 9.59 Å². The van der Waals surface area contributed by atoms with E-state index in [1.165, 1.54) is 135 Å². The summed E-state index contributed by atoms with van der Waals surface area (Å²) in [6.45, 7) is 7.57. The Morgan fingerprint density at radius 3 is 1.39 bits per heavy atom. The van der Waals surface area contributed by atoms with Gasteiger partial charge in [0.05, 0.1) is 0 Å². The third-order valence-electron chi connectivity index (χ3n) is 7.04. The Morgan fingerprint density at radius 2 is 0.895 bits per heavy atom. The van der Waals surface area contributed by atoms with Crippen molar-refractivity contribution in [3.05, 3.63) is 12.2 Å². The van der Waals surface area contributed by atoms with E-state index in [1.807, 2.05) is 0 Å². The summed E-state index contributed by atoms with van der Waals surface area (Å²) in [5.74, 6) is 0.0891. The molecule has 0 unspecified atom stereocenters. The molecule has 0 aromatic carbocycles. The molecule has 38 heavy (non-hydrogen) atoms. The zero-order chi connectivity index (χ0) is 28.4. The zero-order valence-electron chi connectivity index (χ0n) is 26.1. The average Bonchev–Trinajstić information content (AvgIpc) is 2.90. The molecule has 0 aliphatic carbocycles. The van der Waals surface area contributed by atoms with Crippen LogP contribution in [0.1, 0.15) is 188 Å². The highest BCUT2D eigenvalue weighted by atomic mass is 16.1. The molecular weight excluding hydrogens is 468 g/mol. The highest BCUT2D eigenvalue weighted by molar-refractivity contribution is 5.75. The molecule has 0 saturated heterocycles. The molecule has 0 aliphatic heterocycles. The van der Waals surface area contributed by atoms with Gasteiger partial charge in [0, 0.05) is 19.4 Å². The third kappa shape index (κ3) is 39.2. The van der Waals surface area contributed by atoms with Crippen LogP contribution < -0.4 is 11.1 Å². The highest BCUT2D eigenvalue weighted by Crippen LogP contribution is 2.12. The largest absolute Gasteiger partial charge is 0.370 e. The van der Waals surface area contributed by atoms with Crippen molar-refractivity contribution in [2.75, 3.05) is 6.54 Å². The monoisotopic (exact) mass is 537 g/mol. The van der Waals surface area contributed by atoms with E-state index in [2.05, 4.69) is 38.2 Å². The molecule has 4 heteroatoms. The standard InChI is InChI=1S/C20H39NO.C14H29NO/c1-3-5-7-9-10-11-12-13-14-15-16-18-20(22)21-19-17-8-6-4-2;1-2-3-4-5-6-7-8-9-10-11-12-13-14(15)16/h9-10H,3-8,11-19H2,1-2H3,(H,21,22);2-13H2,1H3,(H2,15,16)/b10-9-;. The van der Waals surface area contributed by atoms with E-state index in [-0.39, 0.29) is 11.8 Å². The molecule has 2 amide bonds. The summed E-state index contributed by atoms with van der Waals surface area (Å²) < 4.78 is 0. The second kappa shape index (κ2) is 35.7. The Hall–Kier alpha value is -1.32. The summed E-state index contributed by atoms with van der Waals surface area (Å²) in [4.78, 5) is 22.1. The molecule has 4 nitrogen and oxygen atoms in total. The predicted molar refractivity (Wildman–Crippen MR) is 168 cm³/mol. The van der Waals surface area contributed by atoms with Gasteiger partial charge in [-0.15, -0.1) is 0 Å². The average molecular weight is 537 g/mol. The van der Waals surface area contributed by atoms with Crippen molar-refractivity contribution in [1.29, 1.82) is 0 Å². The Balaban J connectivity index is 0. The minimum atomic E-state index is -0.157. The number of nitrogens with two attached hydrogens (primary N) is 1. The first-order chi connectivity index (χ1) is 18.6. The summed E-state index contributed by atoms with van der Waals surface area (Å²) in [7, 11) is 0. The van der Waals surface area contributed by atoms with Crippen molar-refractivity contribution >= 4 is 11.8 Å². The van der Waals surface area contributed by atoms with Crippen molar-refractivity contribution in [2.45, 2.75) is 188 Å². The lowest BCUT2D eigenvalue weighted by Crippen LogP contribution is -2.23. The summed E-state index contributed by atoms with van der Waals surface area (Å²) in [6, 6.07) is 0. The molecule has 0 fully saturated rings. The van der Waals surface area contributed by atoms with E-state index < -0.39 is 0 Å². The van der Waals surface area contributed by atoms with Crippen molar-refractivity contribution in [3.8, 4) is 0 Å². The number of rotatable bonds is 28. The Labute approximate surface area is 238 Å². The number of carbonyl (C=O) groups is 2. The summed E-state index contributed by atoms with van der Waals surface area (Å²) in [6.07, 6.45) is 36.5. The summed E-state index contributed by atoms with van der Waals surface area (Å²) in [5.41, 5.74) is 5.07. The molecule has 0 rings (SSSR count). The Bertz CT molecular complexity index is 505. The van der Waals surface area contributed by atoms with Crippen LogP contribution in [0.5, 0.6) is 0 Å². The van der Waals surface area contributed by atoms with Gasteiger partial charge in [0.2, 0.25) is 11.8 Å². The number of carbonyl (C=O) groups excluding carboxylic acids is 2. The lowest BCUT2D eigenvalue weighted by atomic mass is 10.1. The van der Waals surface area contributed by atoms with Crippen LogP contribution in [0.3, 0.4) is 0 Å². The van der Waals surface area contributed by atoms with Crippen LogP contribution in [0.2, 0.25) is 0 Å². The first kappa shape index (κ1) is 38.8. The molecule has 0 saturated carbocycles. The second-order valence-electron chi connectivity index (χ2n) is 11.1. The van der Waals surface area contributed by atoms with Gasteiger partial charge in [0.15, 0.2) is 0 Å². The predicted octanol–water partition coefficient (Wildman–Crippen LogP) is 10.3. The molecule has 0 atom stereocenters. The molecule has 226 valence electrons. The second-order valence-corrected chi connectivity index (χ2v) is 11.1. The van der Waals surface area contributed by atoms with Crippen LogP contribution in [-0.4, -0.2) is 18.4 Å². The maximum Gasteiger partial charge on any atom is 0.219 e. The molecule has 0 heterocycles. The summed E-state index contributed by atoms with van der Waals surface area (Å²) >= 11 is 0. The van der Waals surface area contributed by atoms with Gasteiger partial charge < -0.3 is 11.1 Å². The topological polar surface area (TPSA) is 72.2 Å². The highest BCUT2D eigenvalue weighted by Gasteiger charge is 2.00. The Kier molecular flexibility index (Phi) is 36.5. The van der Waals surface area contributed by atoms with Crippen molar-refractivity contribution in [3.63, 3.8) is 0 Å². The van der Waals surface area contributed by atoms with Crippen LogP contribution in [0.4, 0.5) is 0 Å². The van der Waals surface area contributed by atoms with Gasteiger partial charge in [-0.2, -0.15) is 0 Å². The van der Waals surface area contributed by atoms with Gasteiger partial charge in [-0.05, 0) is 38.5 Å². The molecule has 3 N–H and O–H groups in total. The van der Waals surface area contributed by atoms with Crippen LogP contribution in [0, 0.1) is 0 Å². The molecule has 0 bridgehead atoms. The summed E-state index contributed by atoms with van der Waals surface area (Å²) in [5, 5.41) is 3.03. The SMILES string of the molecule is CCCC/C=C\CCCCCCCC(=O)NCCCCCC.CCCCCCCCCCCCCC(N)=O. The fourth-order valence-electron chi connectivity index (χ4n) is 4.47. The maximum absolute atomic E-state index is 11.6. The van der Waals surface area contributed by atoms with Crippen molar-refractivity contribution in [2.24, 2.45) is 5.73 Å².